The number of aromatic amines is 1. The molecule has 3 aromatic carbocycles. The van der Waals surface area contributed by atoms with Crippen LogP contribution in [0, 0.1) is 5.82 Å². The molecule has 2 heterocycles. The lowest BCUT2D eigenvalue weighted by Gasteiger charge is -2.17. The number of hydrogen-bond donors (Lipinski definition) is 2. The van der Waals surface area contributed by atoms with Gasteiger partial charge in [-0.05, 0) is 41.8 Å². The molecule has 0 radical (unpaired) electrons. The summed E-state index contributed by atoms with van der Waals surface area (Å²) in [5, 5.41) is 1.42. The van der Waals surface area contributed by atoms with E-state index in [9.17, 15) is 9.59 Å². The molecular formula is C24H18FN3O2. The van der Waals surface area contributed by atoms with Gasteiger partial charge in [0.1, 0.15) is 5.82 Å². The molecule has 0 unspecified atom stereocenters. The van der Waals surface area contributed by atoms with Gasteiger partial charge in [0.2, 0.25) is 5.91 Å². The first-order chi connectivity index (χ1) is 14.5. The maximum atomic E-state index is 15.5. The van der Waals surface area contributed by atoms with E-state index in [1.54, 1.807) is 4.90 Å². The maximum absolute atomic E-state index is 15.5. The minimum absolute atomic E-state index is 0.110. The molecule has 5 nitrogen and oxygen atoms in total. The second kappa shape index (κ2) is 6.56. The van der Waals surface area contributed by atoms with Gasteiger partial charge in [0, 0.05) is 34.1 Å². The van der Waals surface area contributed by atoms with Crippen molar-refractivity contribution >= 4 is 39.3 Å². The Balaban J connectivity index is 1.88. The van der Waals surface area contributed by atoms with Crippen molar-refractivity contribution in [3.63, 3.8) is 0 Å². The summed E-state index contributed by atoms with van der Waals surface area (Å²) in [5.41, 5.74) is 9.70. The number of carbonyl (C=O) groups excluding carboxylic acids is 2. The number of carbonyl (C=O) groups is 2. The van der Waals surface area contributed by atoms with Gasteiger partial charge in [-0.25, -0.2) is 4.39 Å². The second-order valence-electron chi connectivity index (χ2n) is 7.31. The molecule has 0 bridgehead atoms. The van der Waals surface area contributed by atoms with Crippen LogP contribution in [0.3, 0.4) is 0 Å². The third-order valence-corrected chi connectivity index (χ3v) is 5.74. The van der Waals surface area contributed by atoms with E-state index in [4.69, 9.17) is 5.73 Å². The third-order valence-electron chi connectivity index (χ3n) is 5.74. The van der Waals surface area contributed by atoms with Crippen molar-refractivity contribution < 1.29 is 14.0 Å². The van der Waals surface area contributed by atoms with E-state index in [2.05, 4.69) is 11.6 Å². The van der Waals surface area contributed by atoms with Gasteiger partial charge in [-0.2, -0.15) is 0 Å². The van der Waals surface area contributed by atoms with Crippen molar-refractivity contribution in [3.05, 3.63) is 78.1 Å². The molecule has 4 aromatic rings. The van der Waals surface area contributed by atoms with Gasteiger partial charge in [-0.3, -0.25) is 9.59 Å². The van der Waals surface area contributed by atoms with Crippen molar-refractivity contribution in [3.8, 4) is 11.1 Å². The molecule has 1 aromatic heterocycles. The van der Waals surface area contributed by atoms with Gasteiger partial charge in [0.15, 0.2) is 0 Å². The van der Waals surface area contributed by atoms with E-state index in [0.717, 1.165) is 22.2 Å². The quantitative estimate of drug-likeness (QED) is 0.504. The molecule has 3 N–H and O–H groups in total. The average Bonchev–Trinajstić information content (AvgIpc) is 3.34. The number of H-pyrrole nitrogens is 1. The zero-order valence-electron chi connectivity index (χ0n) is 16.0. The highest BCUT2D eigenvalue weighted by Crippen LogP contribution is 2.43. The Hall–Kier alpha value is -3.93. The predicted octanol–water partition coefficient (Wildman–Crippen LogP) is 4.30. The molecule has 1 aliphatic heterocycles. The number of hydrogen-bond acceptors (Lipinski definition) is 2. The Kier molecular flexibility index (Phi) is 3.96. The number of rotatable bonds is 3. The maximum Gasteiger partial charge on any atom is 0.250 e. The van der Waals surface area contributed by atoms with Crippen LogP contribution < -0.4 is 10.6 Å². The molecule has 0 aliphatic carbocycles. The number of nitrogens with two attached hydrogens (primary N) is 1. The lowest BCUT2D eigenvalue weighted by Crippen LogP contribution is -2.26. The second-order valence-corrected chi connectivity index (χ2v) is 7.31. The summed E-state index contributed by atoms with van der Waals surface area (Å²) in [7, 11) is 0. The molecule has 5 rings (SSSR count). The standard InChI is InChI=1S/C24H18FN3O2/c1-2-20(29)28-11-10-13-14(7-5-9-19(13)28)21-17(25)12-16(24(26)30)23-22(21)15-6-3-4-8-18(15)27-23/h2-9,12,27H,1,10-11H2,(H2,26,30). The van der Waals surface area contributed by atoms with Crippen LogP contribution in [0.25, 0.3) is 32.9 Å². The topological polar surface area (TPSA) is 79.2 Å². The number of nitrogens with one attached hydrogen (secondary N) is 1. The number of amides is 2. The molecule has 30 heavy (non-hydrogen) atoms. The van der Waals surface area contributed by atoms with Gasteiger partial charge in [0.05, 0.1) is 11.1 Å². The summed E-state index contributed by atoms with van der Waals surface area (Å²) in [6.45, 7) is 4.08. The fourth-order valence-electron chi connectivity index (χ4n) is 4.46. The summed E-state index contributed by atoms with van der Waals surface area (Å²) in [4.78, 5) is 29.1. The number of halogens is 1. The molecule has 6 heteroatoms. The van der Waals surface area contributed by atoms with E-state index in [-0.39, 0.29) is 11.5 Å². The highest BCUT2D eigenvalue weighted by atomic mass is 19.1. The van der Waals surface area contributed by atoms with Gasteiger partial charge in [0.25, 0.3) is 5.91 Å². The van der Waals surface area contributed by atoms with E-state index in [1.165, 1.54) is 12.1 Å². The Morgan fingerprint density at radius 2 is 1.97 bits per heavy atom. The van der Waals surface area contributed by atoms with Crippen molar-refractivity contribution in [1.82, 2.24) is 4.98 Å². The first-order valence-corrected chi connectivity index (χ1v) is 9.60. The minimum Gasteiger partial charge on any atom is -0.366 e. The number of benzene rings is 3. The number of fused-ring (bicyclic) bond motifs is 4. The van der Waals surface area contributed by atoms with Gasteiger partial charge in [-0.1, -0.05) is 36.9 Å². The number of primary amides is 1. The highest BCUT2D eigenvalue weighted by molar-refractivity contribution is 6.20. The lowest BCUT2D eigenvalue weighted by atomic mass is 9.92. The predicted molar refractivity (Wildman–Crippen MR) is 116 cm³/mol. The fourth-order valence-corrected chi connectivity index (χ4v) is 4.46. The van der Waals surface area contributed by atoms with Crippen LogP contribution in [-0.2, 0) is 11.2 Å². The summed E-state index contributed by atoms with van der Waals surface area (Å²) < 4.78 is 15.5. The molecular weight excluding hydrogens is 381 g/mol. The van der Waals surface area contributed by atoms with Gasteiger partial charge in [-0.15, -0.1) is 0 Å². The molecule has 1 aliphatic rings. The summed E-state index contributed by atoms with van der Waals surface area (Å²) in [6.07, 6.45) is 1.88. The summed E-state index contributed by atoms with van der Waals surface area (Å²) in [5.74, 6) is -1.41. The summed E-state index contributed by atoms with van der Waals surface area (Å²) >= 11 is 0. The SMILES string of the molecule is C=CC(=O)N1CCc2c(-c3c(F)cc(C(N)=O)c4[nH]c5ccccc5c34)cccc21. The molecule has 148 valence electrons. The fraction of sp³-hybridized carbons (Fsp3) is 0.0833. The van der Waals surface area contributed by atoms with Gasteiger partial charge < -0.3 is 15.6 Å². The third kappa shape index (κ3) is 2.47. The average molecular weight is 399 g/mol. The van der Waals surface area contributed by atoms with E-state index in [1.807, 2.05) is 42.5 Å². The van der Waals surface area contributed by atoms with Crippen LogP contribution in [0.15, 0.2) is 61.2 Å². The highest BCUT2D eigenvalue weighted by Gasteiger charge is 2.28. The summed E-state index contributed by atoms with van der Waals surface area (Å²) in [6, 6.07) is 14.2. The number of anilines is 1. The smallest absolute Gasteiger partial charge is 0.250 e. The molecule has 0 fully saturated rings. The lowest BCUT2D eigenvalue weighted by molar-refractivity contribution is -0.114. The monoisotopic (exact) mass is 399 g/mol. The largest absolute Gasteiger partial charge is 0.366 e. The van der Waals surface area contributed by atoms with Crippen LogP contribution in [0.5, 0.6) is 0 Å². The molecule has 2 amide bonds. The Labute approximate surface area is 171 Å². The normalized spacial score (nSPS) is 13.0. The van der Waals surface area contributed by atoms with Crippen LogP contribution in [-0.4, -0.2) is 23.3 Å². The van der Waals surface area contributed by atoms with Crippen molar-refractivity contribution in [1.29, 1.82) is 0 Å². The first kappa shape index (κ1) is 18.1. The van der Waals surface area contributed by atoms with Gasteiger partial charge >= 0.3 is 0 Å². The van der Waals surface area contributed by atoms with Crippen LogP contribution in [0.2, 0.25) is 0 Å². The number of aromatic nitrogens is 1. The van der Waals surface area contributed by atoms with Crippen LogP contribution in [0.1, 0.15) is 15.9 Å². The first-order valence-electron chi connectivity index (χ1n) is 9.60. The zero-order chi connectivity index (χ0) is 21.0. The van der Waals surface area contributed by atoms with E-state index < -0.39 is 11.7 Å². The van der Waals surface area contributed by atoms with Crippen LogP contribution >= 0.6 is 0 Å². The van der Waals surface area contributed by atoms with Crippen LogP contribution in [0.4, 0.5) is 10.1 Å². The Morgan fingerprint density at radius 1 is 1.17 bits per heavy atom. The molecule has 0 atom stereocenters. The molecule has 0 spiro atoms. The molecule has 0 saturated carbocycles. The minimum atomic E-state index is -0.696. The van der Waals surface area contributed by atoms with Crippen molar-refractivity contribution in [2.45, 2.75) is 6.42 Å². The van der Waals surface area contributed by atoms with Crippen molar-refractivity contribution in [2.75, 3.05) is 11.4 Å². The molecule has 0 saturated heterocycles. The van der Waals surface area contributed by atoms with Crippen molar-refractivity contribution in [2.24, 2.45) is 5.73 Å². The number of para-hydroxylation sites is 1. The van der Waals surface area contributed by atoms with E-state index >= 15 is 4.39 Å². The number of nitrogens with zero attached hydrogens (tertiary/aromatic N) is 1. The Bertz CT molecular complexity index is 1390. The Morgan fingerprint density at radius 3 is 2.73 bits per heavy atom. The van der Waals surface area contributed by atoms with E-state index in [0.29, 0.717) is 35.0 Å². The zero-order valence-corrected chi connectivity index (χ0v) is 16.0.